The lowest BCUT2D eigenvalue weighted by Crippen LogP contribution is -2.26. The molecule has 0 spiro atoms. The average molecular weight is 695 g/mol. The summed E-state index contributed by atoms with van der Waals surface area (Å²) in [5, 5.41) is 4.98. The van der Waals surface area contributed by atoms with E-state index < -0.39 is 0 Å². The van der Waals surface area contributed by atoms with Crippen LogP contribution < -0.4 is 0 Å². The number of pyridine rings is 2. The van der Waals surface area contributed by atoms with Crippen molar-refractivity contribution in [3.63, 3.8) is 0 Å². The maximum Gasteiger partial charge on any atom is 0.145 e. The summed E-state index contributed by atoms with van der Waals surface area (Å²) in [5.74, 6) is 0.509. The molecule has 0 bridgehead atoms. The van der Waals surface area contributed by atoms with Gasteiger partial charge in [0.05, 0.1) is 28.1 Å². The van der Waals surface area contributed by atoms with Crippen LogP contribution in [-0.4, -0.2) is 19.5 Å². The fourth-order valence-electron chi connectivity index (χ4n) is 8.75. The Balaban J connectivity index is 1.30. The summed E-state index contributed by atoms with van der Waals surface area (Å²) in [6.45, 7) is 23.1. The Morgan fingerprint density at radius 2 is 1.43 bits per heavy atom. The van der Waals surface area contributed by atoms with Crippen LogP contribution in [0.3, 0.4) is 0 Å². The molecule has 0 radical (unpaired) electrons. The topological polar surface area (TPSA) is 46.5 Å². The maximum atomic E-state index is 5.57. The monoisotopic (exact) mass is 694 g/mol. The lowest BCUT2D eigenvalue weighted by atomic mass is 9.74. The summed E-state index contributed by atoms with van der Waals surface area (Å²) in [7, 11) is 0. The van der Waals surface area contributed by atoms with Crippen LogP contribution in [0.15, 0.2) is 97.2 Å². The molecule has 1 aliphatic heterocycles. The predicted molar refractivity (Wildman–Crippen MR) is 225 cm³/mol. The minimum atomic E-state index is -0.169. The number of para-hydroxylation sites is 1. The highest BCUT2D eigenvalue weighted by Gasteiger charge is 2.35. The highest BCUT2D eigenvalue weighted by molar-refractivity contribution is 6.13. The van der Waals surface area contributed by atoms with E-state index in [1.54, 1.807) is 0 Å². The number of rotatable bonds is 4. The Bertz CT molecular complexity index is 2770. The van der Waals surface area contributed by atoms with Crippen molar-refractivity contribution in [3.8, 4) is 28.2 Å². The van der Waals surface area contributed by atoms with E-state index in [1.165, 1.54) is 60.6 Å². The van der Waals surface area contributed by atoms with Crippen molar-refractivity contribution in [3.05, 3.63) is 125 Å². The molecule has 4 nitrogen and oxygen atoms in total. The van der Waals surface area contributed by atoms with Gasteiger partial charge in [0, 0.05) is 49.8 Å². The van der Waals surface area contributed by atoms with Crippen molar-refractivity contribution in [1.82, 2.24) is 19.5 Å². The molecule has 0 aliphatic carbocycles. The van der Waals surface area contributed by atoms with Gasteiger partial charge in [-0.1, -0.05) is 106 Å². The first kappa shape index (κ1) is 33.6. The van der Waals surface area contributed by atoms with E-state index in [0.29, 0.717) is 5.92 Å². The summed E-state index contributed by atoms with van der Waals surface area (Å²) >= 11 is 0. The van der Waals surface area contributed by atoms with Gasteiger partial charge in [-0.15, -0.1) is 0 Å². The third-order valence-electron chi connectivity index (χ3n) is 11.7. The molecular weight excluding hydrogens is 645 g/mol. The molecule has 0 saturated heterocycles. The lowest BCUT2D eigenvalue weighted by molar-refractivity contribution is 0.590. The van der Waals surface area contributed by atoms with Gasteiger partial charge in [0.2, 0.25) is 0 Å². The van der Waals surface area contributed by atoms with E-state index in [4.69, 9.17) is 9.97 Å². The number of hydrogen-bond acceptors (Lipinski definition) is 2. The van der Waals surface area contributed by atoms with Crippen LogP contribution in [0.4, 0.5) is 0 Å². The van der Waals surface area contributed by atoms with Gasteiger partial charge in [-0.2, -0.15) is 0 Å². The number of H-pyrrole nitrogens is 1. The molecule has 0 saturated carbocycles. The van der Waals surface area contributed by atoms with E-state index in [-0.39, 0.29) is 16.2 Å². The van der Waals surface area contributed by atoms with Crippen LogP contribution in [0, 0.1) is 5.92 Å². The minimum absolute atomic E-state index is 0.0347. The maximum absolute atomic E-state index is 5.57. The molecule has 1 N–H and O–H groups in total. The van der Waals surface area contributed by atoms with E-state index in [2.05, 4.69) is 164 Å². The quantitative estimate of drug-likeness (QED) is 0.199. The van der Waals surface area contributed by atoms with Crippen molar-refractivity contribution in [2.24, 2.45) is 5.92 Å². The van der Waals surface area contributed by atoms with Crippen LogP contribution >= 0.6 is 0 Å². The largest absolute Gasteiger partial charge is 0.354 e. The van der Waals surface area contributed by atoms with Gasteiger partial charge >= 0.3 is 0 Å². The number of nitrogens with one attached hydrogen (secondary N) is 1. The molecule has 0 fully saturated rings. The first-order valence-electron chi connectivity index (χ1n) is 19.3. The van der Waals surface area contributed by atoms with Gasteiger partial charge in [0.1, 0.15) is 5.65 Å². The fourth-order valence-corrected chi connectivity index (χ4v) is 8.75. The van der Waals surface area contributed by atoms with Gasteiger partial charge in [-0.25, -0.2) is 9.97 Å². The van der Waals surface area contributed by atoms with E-state index in [9.17, 15) is 0 Å². The van der Waals surface area contributed by atoms with E-state index in [1.807, 2.05) is 12.3 Å². The molecule has 4 aromatic carbocycles. The van der Waals surface area contributed by atoms with Crippen LogP contribution in [0.25, 0.3) is 71.9 Å². The number of fused-ring (bicyclic) bond motifs is 8. The molecule has 0 amide bonds. The Labute approximate surface area is 313 Å². The summed E-state index contributed by atoms with van der Waals surface area (Å²) < 4.78 is 2.40. The number of nitrogens with zero attached hydrogens (tertiary/aromatic N) is 3. The third-order valence-corrected chi connectivity index (χ3v) is 11.7. The Kier molecular flexibility index (Phi) is 7.22. The van der Waals surface area contributed by atoms with Crippen LogP contribution in [0.1, 0.15) is 97.1 Å². The number of aromatic amines is 1. The van der Waals surface area contributed by atoms with Gasteiger partial charge in [-0.3, -0.25) is 4.57 Å². The molecule has 0 atom stereocenters. The van der Waals surface area contributed by atoms with Crippen molar-refractivity contribution in [2.75, 3.05) is 0 Å². The second kappa shape index (κ2) is 11.4. The zero-order valence-corrected chi connectivity index (χ0v) is 32.9. The predicted octanol–water partition coefficient (Wildman–Crippen LogP) is 13.0. The molecule has 8 aromatic rings. The summed E-state index contributed by atoms with van der Waals surface area (Å²) in [6, 6.07) is 34.3. The van der Waals surface area contributed by atoms with E-state index >= 15 is 0 Å². The summed E-state index contributed by atoms with van der Waals surface area (Å²) in [6.07, 6.45) is 2.89. The van der Waals surface area contributed by atoms with Crippen LogP contribution in [0.5, 0.6) is 0 Å². The van der Waals surface area contributed by atoms with E-state index in [0.717, 1.165) is 45.6 Å². The van der Waals surface area contributed by atoms with Gasteiger partial charge in [-0.05, 0) is 106 Å². The Morgan fingerprint density at radius 3 is 2.19 bits per heavy atom. The standard InChI is InChI=1S/C49H50N4/c1-28(2)21-29-22-41(30-16-18-38-43(24-30)53-45-33(34-14-12-20-50-46(34)53)13-11-15-39(45)49(38,9)10)51-42(23-29)37-27-32(48(6,7)8)26-36-35-25-31(47(3,4)5)17-19-40(35)52-44(36)37/h11-20,22-28,52H,21H2,1-10H3. The third kappa shape index (κ3) is 5.24. The first-order chi connectivity index (χ1) is 25.1. The van der Waals surface area contributed by atoms with Gasteiger partial charge < -0.3 is 4.98 Å². The smallest absolute Gasteiger partial charge is 0.145 e. The van der Waals surface area contributed by atoms with Crippen molar-refractivity contribution < 1.29 is 0 Å². The highest BCUT2D eigenvalue weighted by Crippen LogP contribution is 2.48. The normalized spacial score (nSPS) is 14.2. The molecule has 266 valence electrons. The molecule has 5 heterocycles. The average Bonchev–Trinajstić information content (AvgIpc) is 3.65. The molecule has 53 heavy (non-hydrogen) atoms. The molecule has 1 aliphatic rings. The fraction of sp³-hybridized carbons (Fsp3) is 0.306. The molecule has 9 rings (SSSR count). The highest BCUT2D eigenvalue weighted by atomic mass is 15.1. The molecule has 0 unspecified atom stereocenters. The molecule has 4 heteroatoms. The lowest BCUT2D eigenvalue weighted by Gasteiger charge is -2.34. The summed E-state index contributed by atoms with van der Waals surface area (Å²) in [5.41, 5.74) is 16.5. The van der Waals surface area contributed by atoms with Crippen molar-refractivity contribution >= 4 is 43.7 Å². The Hall–Kier alpha value is -5.22. The SMILES string of the molecule is CC(C)Cc1cc(-c2ccc3c(c2)-n2c4ncccc4c4cccc(c42)C3(C)C)nc(-c2cc(C(C)(C)C)cc3c2[nH]c2ccc(C(C)(C)C)cc23)c1. The zero-order chi connectivity index (χ0) is 37.2. The van der Waals surface area contributed by atoms with Crippen LogP contribution in [-0.2, 0) is 22.7 Å². The number of hydrogen-bond donors (Lipinski definition) is 1. The number of benzene rings is 4. The summed E-state index contributed by atoms with van der Waals surface area (Å²) in [4.78, 5) is 14.4. The first-order valence-corrected chi connectivity index (χ1v) is 19.3. The molecular formula is C49H50N4. The zero-order valence-electron chi connectivity index (χ0n) is 32.9. The molecule has 4 aromatic heterocycles. The van der Waals surface area contributed by atoms with Gasteiger partial charge in [0.15, 0.2) is 0 Å². The van der Waals surface area contributed by atoms with Crippen LogP contribution in [0.2, 0.25) is 0 Å². The van der Waals surface area contributed by atoms with Gasteiger partial charge in [0.25, 0.3) is 0 Å². The van der Waals surface area contributed by atoms with Crippen molar-refractivity contribution in [2.45, 2.75) is 91.9 Å². The Morgan fingerprint density at radius 1 is 0.698 bits per heavy atom. The minimum Gasteiger partial charge on any atom is -0.354 e. The van der Waals surface area contributed by atoms with Crippen molar-refractivity contribution in [1.29, 1.82) is 0 Å². The number of aromatic nitrogens is 4. The second-order valence-corrected chi connectivity index (χ2v) is 18.4. The second-order valence-electron chi connectivity index (χ2n) is 18.4.